The zero-order valence-electron chi connectivity index (χ0n) is 10.3. The van der Waals surface area contributed by atoms with Crippen LogP contribution in [-0.4, -0.2) is 23.4 Å². The van der Waals surface area contributed by atoms with Crippen LogP contribution < -0.4 is 0 Å². The first-order valence-electron chi connectivity index (χ1n) is 5.77. The molecule has 0 aliphatic rings. The smallest absolute Gasteiger partial charge is 0.257 e. The lowest BCUT2D eigenvalue weighted by Crippen LogP contribution is -2.38. The summed E-state index contributed by atoms with van der Waals surface area (Å²) in [4.78, 5) is 13.9. The van der Waals surface area contributed by atoms with Gasteiger partial charge in [0.2, 0.25) is 0 Å². The Morgan fingerprint density at radius 1 is 1.47 bits per heavy atom. The molecule has 0 saturated carbocycles. The molecule has 1 atom stereocenters. The van der Waals surface area contributed by atoms with Crippen molar-refractivity contribution in [3.05, 3.63) is 34.1 Å². The summed E-state index contributed by atoms with van der Waals surface area (Å²) in [5.41, 5.74) is 0.135. The molecule has 0 fully saturated rings. The first-order chi connectivity index (χ1) is 8.01. The second-order valence-electron chi connectivity index (χ2n) is 3.97. The maximum atomic E-state index is 13.7. The summed E-state index contributed by atoms with van der Waals surface area (Å²) in [7, 11) is 0. The highest BCUT2D eigenvalue weighted by Gasteiger charge is 2.21. The molecule has 2 nitrogen and oxygen atoms in total. The Balaban J connectivity index is 3.02. The van der Waals surface area contributed by atoms with Gasteiger partial charge in [0, 0.05) is 17.1 Å². The van der Waals surface area contributed by atoms with Gasteiger partial charge in [0.05, 0.1) is 5.56 Å². The average Bonchev–Trinajstić information content (AvgIpc) is 2.29. The molecule has 0 bridgehead atoms. The Labute approximate surface area is 110 Å². The minimum Gasteiger partial charge on any atom is -0.336 e. The number of amides is 1. The van der Waals surface area contributed by atoms with E-state index >= 15 is 0 Å². The highest BCUT2D eigenvalue weighted by atomic mass is 79.9. The highest BCUT2D eigenvalue weighted by molar-refractivity contribution is 9.10. The van der Waals surface area contributed by atoms with Gasteiger partial charge >= 0.3 is 0 Å². The van der Waals surface area contributed by atoms with Crippen molar-refractivity contribution in [3.8, 4) is 0 Å². The maximum Gasteiger partial charge on any atom is 0.257 e. The third-order valence-electron chi connectivity index (χ3n) is 2.89. The third-order valence-corrected chi connectivity index (χ3v) is 3.38. The molecule has 0 aliphatic carbocycles. The lowest BCUT2D eigenvalue weighted by Gasteiger charge is -2.27. The van der Waals surface area contributed by atoms with Crippen molar-refractivity contribution in [2.45, 2.75) is 33.2 Å². The number of nitrogens with zero attached hydrogens (tertiary/aromatic N) is 1. The van der Waals surface area contributed by atoms with Gasteiger partial charge in [-0.2, -0.15) is 0 Å². The van der Waals surface area contributed by atoms with Gasteiger partial charge in [0.1, 0.15) is 5.82 Å². The predicted octanol–water partition coefficient (Wildman–Crippen LogP) is 3.85. The van der Waals surface area contributed by atoms with E-state index in [1.54, 1.807) is 11.0 Å². The van der Waals surface area contributed by atoms with Gasteiger partial charge in [-0.1, -0.05) is 22.9 Å². The zero-order chi connectivity index (χ0) is 13.0. The van der Waals surface area contributed by atoms with E-state index in [9.17, 15) is 9.18 Å². The van der Waals surface area contributed by atoms with E-state index in [4.69, 9.17) is 0 Å². The lowest BCUT2D eigenvalue weighted by molar-refractivity contribution is 0.0695. The van der Waals surface area contributed by atoms with E-state index in [0.717, 1.165) is 6.42 Å². The fourth-order valence-corrected chi connectivity index (χ4v) is 2.03. The average molecular weight is 302 g/mol. The summed E-state index contributed by atoms with van der Waals surface area (Å²) in [5, 5.41) is 0. The Hall–Kier alpha value is -0.900. The fraction of sp³-hybridized carbons (Fsp3) is 0.462. The highest BCUT2D eigenvalue weighted by Crippen LogP contribution is 2.18. The van der Waals surface area contributed by atoms with Gasteiger partial charge in [0.25, 0.3) is 5.91 Å². The number of rotatable bonds is 4. The van der Waals surface area contributed by atoms with Crippen LogP contribution in [-0.2, 0) is 0 Å². The Morgan fingerprint density at radius 2 is 2.12 bits per heavy atom. The van der Waals surface area contributed by atoms with Crippen molar-refractivity contribution in [1.82, 2.24) is 4.90 Å². The summed E-state index contributed by atoms with van der Waals surface area (Å²) in [6, 6.07) is 4.64. The number of halogens is 2. The predicted molar refractivity (Wildman–Crippen MR) is 70.6 cm³/mol. The molecule has 1 aromatic carbocycles. The van der Waals surface area contributed by atoms with Crippen LogP contribution in [0.3, 0.4) is 0 Å². The number of hydrogen-bond acceptors (Lipinski definition) is 1. The van der Waals surface area contributed by atoms with Crippen LogP contribution in [0.25, 0.3) is 0 Å². The monoisotopic (exact) mass is 301 g/mol. The number of benzene rings is 1. The summed E-state index contributed by atoms with van der Waals surface area (Å²) in [6.07, 6.45) is 0.859. The second-order valence-corrected chi connectivity index (χ2v) is 4.89. The Bertz CT molecular complexity index is 408. The Morgan fingerprint density at radius 3 is 2.59 bits per heavy atom. The Kier molecular flexibility index (Phi) is 5.12. The van der Waals surface area contributed by atoms with Gasteiger partial charge in [0.15, 0.2) is 0 Å². The molecule has 0 heterocycles. The van der Waals surface area contributed by atoms with Gasteiger partial charge in [-0.3, -0.25) is 4.79 Å². The third kappa shape index (κ3) is 3.28. The molecule has 4 heteroatoms. The molecule has 94 valence electrons. The van der Waals surface area contributed by atoms with Crippen LogP contribution in [0.15, 0.2) is 22.7 Å². The standard InChI is InChI=1S/C13H17BrFNO/c1-4-9(3)16(5-2)13(17)11-7-6-10(14)8-12(11)15/h6-9H,4-5H2,1-3H3. The minimum absolute atomic E-state index is 0.121. The van der Waals surface area contributed by atoms with Crippen molar-refractivity contribution in [2.24, 2.45) is 0 Å². The molecular formula is C13H17BrFNO. The molecular weight excluding hydrogens is 285 g/mol. The molecule has 17 heavy (non-hydrogen) atoms. The summed E-state index contributed by atoms with van der Waals surface area (Å²) in [5.74, 6) is -0.724. The summed E-state index contributed by atoms with van der Waals surface area (Å²) < 4.78 is 14.3. The van der Waals surface area contributed by atoms with Crippen LogP contribution in [0, 0.1) is 5.82 Å². The number of carbonyl (C=O) groups is 1. The second kappa shape index (κ2) is 6.15. The molecule has 1 aromatic rings. The first-order valence-corrected chi connectivity index (χ1v) is 6.56. The lowest BCUT2D eigenvalue weighted by atomic mass is 10.1. The molecule has 1 amide bonds. The molecule has 0 spiro atoms. The van der Waals surface area contributed by atoms with Crippen molar-refractivity contribution in [1.29, 1.82) is 0 Å². The van der Waals surface area contributed by atoms with Gasteiger partial charge in [-0.05, 0) is 38.5 Å². The van der Waals surface area contributed by atoms with Crippen LogP contribution in [0.2, 0.25) is 0 Å². The van der Waals surface area contributed by atoms with Crippen molar-refractivity contribution in [2.75, 3.05) is 6.54 Å². The van der Waals surface area contributed by atoms with Crippen molar-refractivity contribution >= 4 is 21.8 Å². The maximum absolute atomic E-state index is 13.7. The first kappa shape index (κ1) is 14.2. The minimum atomic E-state index is -0.480. The number of hydrogen-bond donors (Lipinski definition) is 0. The van der Waals surface area contributed by atoms with E-state index in [2.05, 4.69) is 15.9 Å². The molecule has 1 unspecified atom stereocenters. The van der Waals surface area contributed by atoms with Crippen molar-refractivity contribution in [3.63, 3.8) is 0 Å². The van der Waals surface area contributed by atoms with Crippen molar-refractivity contribution < 1.29 is 9.18 Å². The van der Waals surface area contributed by atoms with E-state index in [-0.39, 0.29) is 17.5 Å². The number of carbonyl (C=O) groups excluding carboxylic acids is 1. The molecule has 0 radical (unpaired) electrons. The largest absolute Gasteiger partial charge is 0.336 e. The molecule has 1 rings (SSSR count). The van der Waals surface area contributed by atoms with Crippen LogP contribution in [0.5, 0.6) is 0 Å². The normalized spacial score (nSPS) is 12.3. The van der Waals surface area contributed by atoms with Crippen LogP contribution in [0.4, 0.5) is 4.39 Å². The quantitative estimate of drug-likeness (QED) is 0.827. The molecule has 0 saturated heterocycles. The van der Waals surface area contributed by atoms with E-state index in [1.165, 1.54) is 12.1 Å². The van der Waals surface area contributed by atoms with E-state index < -0.39 is 5.82 Å². The summed E-state index contributed by atoms with van der Waals surface area (Å²) in [6.45, 7) is 6.47. The molecule has 0 aromatic heterocycles. The van der Waals surface area contributed by atoms with Crippen LogP contribution in [0.1, 0.15) is 37.6 Å². The van der Waals surface area contributed by atoms with Gasteiger partial charge in [-0.25, -0.2) is 4.39 Å². The topological polar surface area (TPSA) is 20.3 Å². The SMILES string of the molecule is CCC(C)N(CC)C(=O)c1ccc(Br)cc1F. The van der Waals surface area contributed by atoms with Crippen LogP contribution >= 0.6 is 15.9 Å². The zero-order valence-corrected chi connectivity index (χ0v) is 11.9. The molecule has 0 N–H and O–H groups in total. The summed E-state index contributed by atoms with van der Waals surface area (Å²) >= 11 is 3.18. The van der Waals surface area contributed by atoms with E-state index in [1.807, 2.05) is 20.8 Å². The van der Waals surface area contributed by atoms with Gasteiger partial charge in [-0.15, -0.1) is 0 Å². The van der Waals surface area contributed by atoms with Gasteiger partial charge < -0.3 is 4.90 Å². The fourth-order valence-electron chi connectivity index (χ4n) is 1.69. The molecule has 0 aliphatic heterocycles. The van der Waals surface area contributed by atoms with E-state index in [0.29, 0.717) is 11.0 Å².